The van der Waals surface area contributed by atoms with Gasteiger partial charge >= 0.3 is 0 Å². The molecular weight excluding hydrogens is 600 g/mol. The SMILES string of the molecule is CCC(C)N1CCN(c2cc(CN3CCOCC3)ccc2C(=O)c2ccc(CN3CCOCC3)cc2N2CCN(C(C)CC)CC2)CC1. The molecule has 0 saturated carbocycles. The van der Waals surface area contributed by atoms with E-state index in [4.69, 9.17) is 9.47 Å². The van der Waals surface area contributed by atoms with Gasteiger partial charge in [0.05, 0.1) is 26.4 Å². The number of carbonyl (C=O) groups excluding carboxylic acids is 1. The van der Waals surface area contributed by atoms with Gasteiger partial charge in [0, 0.05) is 126 Å². The maximum Gasteiger partial charge on any atom is 0.197 e. The lowest BCUT2D eigenvalue weighted by molar-refractivity contribution is 0.0341. The first-order chi connectivity index (χ1) is 23.4. The molecule has 4 aliphatic rings. The summed E-state index contributed by atoms with van der Waals surface area (Å²) in [6.45, 7) is 25.8. The number of ether oxygens (including phenoxy) is 2. The summed E-state index contributed by atoms with van der Waals surface area (Å²) >= 11 is 0. The number of morpholine rings is 2. The highest BCUT2D eigenvalue weighted by Crippen LogP contribution is 2.32. The second kappa shape index (κ2) is 16.9. The molecule has 9 nitrogen and oxygen atoms in total. The topological polar surface area (TPSA) is 55.0 Å². The lowest BCUT2D eigenvalue weighted by atomic mass is 9.95. The highest BCUT2D eigenvalue weighted by molar-refractivity contribution is 6.15. The van der Waals surface area contributed by atoms with Crippen molar-refractivity contribution in [1.29, 1.82) is 0 Å². The van der Waals surface area contributed by atoms with Crippen LogP contribution in [0.25, 0.3) is 0 Å². The second-order valence-electron chi connectivity index (χ2n) is 14.4. The zero-order valence-corrected chi connectivity index (χ0v) is 30.2. The Hall–Kier alpha value is -2.53. The lowest BCUT2D eigenvalue weighted by Crippen LogP contribution is -2.50. The quantitative estimate of drug-likeness (QED) is 0.308. The van der Waals surface area contributed by atoms with Crippen LogP contribution in [0.15, 0.2) is 36.4 Å². The predicted octanol–water partition coefficient (Wildman–Crippen LogP) is 4.42. The van der Waals surface area contributed by atoms with Crippen molar-refractivity contribution >= 4 is 17.2 Å². The molecule has 6 rings (SSSR count). The average Bonchev–Trinajstić information content (AvgIpc) is 3.15. The Balaban J connectivity index is 1.31. The molecule has 0 spiro atoms. The molecular formula is C39H60N6O3. The molecule has 4 fully saturated rings. The van der Waals surface area contributed by atoms with Crippen molar-refractivity contribution in [3.63, 3.8) is 0 Å². The molecule has 0 bridgehead atoms. The fourth-order valence-corrected chi connectivity index (χ4v) is 7.76. The summed E-state index contributed by atoms with van der Waals surface area (Å²) < 4.78 is 11.2. The molecule has 0 aliphatic carbocycles. The molecule has 2 aromatic carbocycles. The van der Waals surface area contributed by atoms with Crippen molar-refractivity contribution in [2.75, 3.05) is 115 Å². The summed E-state index contributed by atoms with van der Waals surface area (Å²) in [5, 5.41) is 0. The Kier molecular flexibility index (Phi) is 12.4. The number of benzene rings is 2. The second-order valence-corrected chi connectivity index (χ2v) is 14.4. The third-order valence-electron chi connectivity index (χ3n) is 11.4. The number of hydrogen-bond donors (Lipinski definition) is 0. The summed E-state index contributed by atoms with van der Waals surface area (Å²) in [5.41, 5.74) is 6.40. The molecule has 0 aromatic heterocycles. The number of piperazine rings is 2. The average molecular weight is 661 g/mol. The maximum absolute atomic E-state index is 14.9. The van der Waals surface area contributed by atoms with Gasteiger partial charge in [-0.3, -0.25) is 24.4 Å². The van der Waals surface area contributed by atoms with Crippen molar-refractivity contribution in [2.45, 2.75) is 65.7 Å². The molecule has 2 aromatic rings. The van der Waals surface area contributed by atoms with Crippen molar-refractivity contribution < 1.29 is 14.3 Å². The van der Waals surface area contributed by atoms with E-state index in [-0.39, 0.29) is 5.78 Å². The normalized spacial score (nSPS) is 22.2. The van der Waals surface area contributed by atoms with Gasteiger partial charge < -0.3 is 19.3 Å². The van der Waals surface area contributed by atoms with Crippen molar-refractivity contribution in [3.8, 4) is 0 Å². The summed E-state index contributed by atoms with van der Waals surface area (Å²) in [4.78, 5) is 30.0. The van der Waals surface area contributed by atoms with E-state index in [0.29, 0.717) is 12.1 Å². The van der Waals surface area contributed by atoms with Gasteiger partial charge in [-0.1, -0.05) is 26.0 Å². The Morgan fingerprint density at radius 2 is 0.958 bits per heavy atom. The van der Waals surface area contributed by atoms with Gasteiger partial charge in [-0.2, -0.15) is 0 Å². The van der Waals surface area contributed by atoms with Crippen LogP contribution in [0.2, 0.25) is 0 Å². The monoisotopic (exact) mass is 660 g/mol. The van der Waals surface area contributed by atoms with Gasteiger partial charge in [0.2, 0.25) is 0 Å². The first-order valence-electron chi connectivity index (χ1n) is 18.8. The summed E-state index contributed by atoms with van der Waals surface area (Å²) in [6, 6.07) is 14.4. The van der Waals surface area contributed by atoms with E-state index in [0.717, 1.165) is 153 Å². The van der Waals surface area contributed by atoms with Gasteiger partial charge in [-0.05, 0) is 62.1 Å². The smallest absolute Gasteiger partial charge is 0.197 e. The minimum atomic E-state index is 0.143. The Morgan fingerprint density at radius 3 is 1.31 bits per heavy atom. The minimum absolute atomic E-state index is 0.143. The fraction of sp³-hybridized carbons (Fsp3) is 0.667. The zero-order chi connectivity index (χ0) is 33.5. The first kappa shape index (κ1) is 35.3. The van der Waals surface area contributed by atoms with Crippen LogP contribution in [-0.4, -0.2) is 142 Å². The molecule has 9 heteroatoms. The largest absolute Gasteiger partial charge is 0.379 e. The maximum atomic E-state index is 14.9. The molecule has 0 amide bonds. The molecule has 2 unspecified atom stereocenters. The van der Waals surface area contributed by atoms with Crippen LogP contribution in [-0.2, 0) is 22.6 Å². The Bertz CT molecular complexity index is 1230. The summed E-state index contributed by atoms with van der Waals surface area (Å²) in [6.07, 6.45) is 2.32. The third-order valence-corrected chi connectivity index (χ3v) is 11.4. The van der Waals surface area contributed by atoms with E-state index < -0.39 is 0 Å². The number of carbonyl (C=O) groups is 1. The van der Waals surface area contributed by atoms with E-state index in [1.165, 1.54) is 11.1 Å². The van der Waals surface area contributed by atoms with E-state index in [1.54, 1.807) is 0 Å². The third kappa shape index (κ3) is 8.60. The number of anilines is 2. The molecule has 0 radical (unpaired) electrons. The molecule has 264 valence electrons. The molecule has 0 N–H and O–H groups in total. The molecule has 48 heavy (non-hydrogen) atoms. The van der Waals surface area contributed by atoms with E-state index >= 15 is 0 Å². The van der Waals surface area contributed by atoms with Crippen molar-refractivity contribution in [1.82, 2.24) is 19.6 Å². The highest BCUT2D eigenvalue weighted by Gasteiger charge is 2.29. The van der Waals surface area contributed by atoms with Crippen LogP contribution >= 0.6 is 0 Å². The molecule has 2 atom stereocenters. The Morgan fingerprint density at radius 1 is 0.583 bits per heavy atom. The summed E-state index contributed by atoms with van der Waals surface area (Å²) in [5.74, 6) is 0.143. The molecule has 4 aliphatic heterocycles. The van der Waals surface area contributed by atoms with Gasteiger partial charge in [0.15, 0.2) is 5.78 Å². The van der Waals surface area contributed by atoms with Crippen LogP contribution in [0, 0.1) is 0 Å². The predicted molar refractivity (Wildman–Crippen MR) is 196 cm³/mol. The fourth-order valence-electron chi connectivity index (χ4n) is 7.76. The lowest BCUT2D eigenvalue weighted by Gasteiger charge is -2.40. The molecule has 4 heterocycles. The number of rotatable bonds is 12. The van der Waals surface area contributed by atoms with Crippen LogP contribution in [0.5, 0.6) is 0 Å². The van der Waals surface area contributed by atoms with Crippen LogP contribution in [0.1, 0.15) is 67.6 Å². The number of ketones is 1. The van der Waals surface area contributed by atoms with Crippen molar-refractivity contribution in [2.24, 2.45) is 0 Å². The molecule has 4 saturated heterocycles. The van der Waals surface area contributed by atoms with Crippen LogP contribution in [0.3, 0.4) is 0 Å². The van der Waals surface area contributed by atoms with Crippen LogP contribution in [0.4, 0.5) is 11.4 Å². The first-order valence-corrected chi connectivity index (χ1v) is 18.8. The van der Waals surface area contributed by atoms with E-state index in [1.807, 2.05) is 0 Å². The van der Waals surface area contributed by atoms with Gasteiger partial charge in [-0.15, -0.1) is 0 Å². The van der Waals surface area contributed by atoms with Gasteiger partial charge in [0.25, 0.3) is 0 Å². The number of hydrogen-bond acceptors (Lipinski definition) is 9. The summed E-state index contributed by atoms with van der Waals surface area (Å²) in [7, 11) is 0. The van der Waals surface area contributed by atoms with Crippen molar-refractivity contribution in [3.05, 3.63) is 58.7 Å². The van der Waals surface area contributed by atoms with Gasteiger partial charge in [-0.25, -0.2) is 0 Å². The van der Waals surface area contributed by atoms with Gasteiger partial charge in [0.1, 0.15) is 0 Å². The Labute approximate surface area is 289 Å². The standard InChI is InChI=1S/C39H60N6O3/c1-5-31(3)42-11-15-44(16-12-42)37-27-33(29-40-19-23-47-24-20-40)7-9-35(37)39(46)36-10-8-34(30-41-21-25-48-26-22-41)28-38(36)45-17-13-43(14-18-45)32(4)6-2/h7-10,27-28,31-32H,5-6,11-26,29-30H2,1-4H3. The highest BCUT2D eigenvalue weighted by atomic mass is 16.5. The van der Waals surface area contributed by atoms with E-state index in [9.17, 15) is 4.79 Å². The van der Waals surface area contributed by atoms with Crippen LogP contribution < -0.4 is 9.80 Å². The van der Waals surface area contributed by atoms with E-state index in [2.05, 4.69) is 93.5 Å². The minimum Gasteiger partial charge on any atom is -0.379 e. The zero-order valence-electron chi connectivity index (χ0n) is 30.2. The number of nitrogens with zero attached hydrogens (tertiary/aromatic N) is 6.